The molecular weight excluding hydrogens is 272 g/mol. The summed E-state index contributed by atoms with van der Waals surface area (Å²) in [6.45, 7) is 6.67. The van der Waals surface area contributed by atoms with Gasteiger partial charge in [0.1, 0.15) is 5.75 Å². The largest absolute Gasteiger partial charge is 0.493 e. The molecule has 0 N–H and O–H groups in total. The zero-order valence-corrected chi connectivity index (χ0v) is 12.5. The third-order valence-electron chi connectivity index (χ3n) is 2.49. The SMILES string of the molecule is CC(C)(C)c1ccccc1OCCCS(=O)(=O)Cl. The fraction of sp³-hybridized carbons (Fsp3) is 0.538. The van der Waals surface area contributed by atoms with Crippen LogP contribution in [0.5, 0.6) is 5.75 Å². The fourth-order valence-electron chi connectivity index (χ4n) is 1.63. The first kappa shape index (κ1) is 15.3. The van der Waals surface area contributed by atoms with Crippen LogP contribution in [0.25, 0.3) is 0 Å². The zero-order valence-electron chi connectivity index (χ0n) is 10.9. The molecule has 1 aromatic rings. The molecule has 0 saturated carbocycles. The Hall–Kier alpha value is -0.740. The predicted octanol–water partition coefficient (Wildman–Crippen LogP) is 3.32. The lowest BCUT2D eigenvalue weighted by Gasteiger charge is -2.22. The maximum atomic E-state index is 10.8. The first-order valence-electron chi connectivity index (χ1n) is 5.85. The standard InChI is InChI=1S/C13H19ClO3S/c1-13(2,3)11-7-4-5-8-12(11)17-9-6-10-18(14,15)16/h4-5,7-8H,6,9-10H2,1-3H3. The van der Waals surface area contributed by atoms with Crippen molar-refractivity contribution in [3.05, 3.63) is 29.8 Å². The Morgan fingerprint density at radius 1 is 1.22 bits per heavy atom. The molecule has 0 spiro atoms. The highest BCUT2D eigenvalue weighted by molar-refractivity contribution is 8.13. The normalized spacial score (nSPS) is 12.4. The molecule has 0 unspecified atom stereocenters. The van der Waals surface area contributed by atoms with Crippen molar-refractivity contribution in [2.24, 2.45) is 0 Å². The lowest BCUT2D eigenvalue weighted by Crippen LogP contribution is -2.14. The topological polar surface area (TPSA) is 43.4 Å². The van der Waals surface area contributed by atoms with E-state index in [1.54, 1.807) is 0 Å². The summed E-state index contributed by atoms with van der Waals surface area (Å²) >= 11 is 0. The van der Waals surface area contributed by atoms with Crippen LogP contribution >= 0.6 is 10.7 Å². The van der Waals surface area contributed by atoms with Gasteiger partial charge in [0.2, 0.25) is 9.05 Å². The van der Waals surface area contributed by atoms with Crippen molar-refractivity contribution in [3.8, 4) is 5.75 Å². The highest BCUT2D eigenvalue weighted by Gasteiger charge is 2.18. The summed E-state index contributed by atoms with van der Waals surface area (Å²) in [5, 5.41) is 0. The molecule has 1 rings (SSSR count). The number of rotatable bonds is 5. The third kappa shape index (κ3) is 5.27. The lowest BCUT2D eigenvalue weighted by atomic mass is 9.86. The highest BCUT2D eigenvalue weighted by Crippen LogP contribution is 2.30. The van der Waals surface area contributed by atoms with Gasteiger partial charge in [-0.25, -0.2) is 8.42 Å². The molecule has 0 atom stereocenters. The van der Waals surface area contributed by atoms with Crippen molar-refractivity contribution >= 4 is 19.7 Å². The monoisotopic (exact) mass is 290 g/mol. The summed E-state index contributed by atoms with van der Waals surface area (Å²) in [4.78, 5) is 0. The number of hydrogen-bond donors (Lipinski definition) is 0. The molecule has 0 saturated heterocycles. The van der Waals surface area contributed by atoms with Gasteiger partial charge in [-0.05, 0) is 23.5 Å². The molecule has 0 aliphatic heterocycles. The summed E-state index contributed by atoms with van der Waals surface area (Å²) in [7, 11) is 1.71. The van der Waals surface area contributed by atoms with E-state index in [-0.39, 0.29) is 11.2 Å². The predicted molar refractivity (Wildman–Crippen MR) is 74.9 cm³/mol. The van der Waals surface area contributed by atoms with E-state index >= 15 is 0 Å². The second-order valence-electron chi connectivity index (χ2n) is 5.19. The smallest absolute Gasteiger partial charge is 0.232 e. The molecule has 0 fully saturated rings. The average Bonchev–Trinajstić information content (AvgIpc) is 2.22. The molecule has 0 aliphatic carbocycles. The van der Waals surface area contributed by atoms with Crippen LogP contribution in [0.2, 0.25) is 0 Å². The Labute approximate surface area is 114 Å². The van der Waals surface area contributed by atoms with Crippen molar-refractivity contribution in [3.63, 3.8) is 0 Å². The molecule has 0 amide bonds. The van der Waals surface area contributed by atoms with Gasteiger partial charge in [0.05, 0.1) is 12.4 Å². The van der Waals surface area contributed by atoms with Gasteiger partial charge >= 0.3 is 0 Å². The van der Waals surface area contributed by atoms with Crippen molar-refractivity contribution in [1.29, 1.82) is 0 Å². The first-order chi connectivity index (χ1) is 8.20. The molecule has 0 heterocycles. The maximum Gasteiger partial charge on any atom is 0.232 e. The quantitative estimate of drug-likeness (QED) is 0.617. The van der Waals surface area contributed by atoms with E-state index in [0.717, 1.165) is 11.3 Å². The molecule has 0 aromatic heterocycles. The van der Waals surface area contributed by atoms with Gasteiger partial charge in [-0.3, -0.25) is 0 Å². The third-order valence-corrected chi connectivity index (χ3v) is 3.72. The molecule has 5 heteroatoms. The van der Waals surface area contributed by atoms with E-state index in [0.29, 0.717) is 13.0 Å². The van der Waals surface area contributed by atoms with Crippen LogP contribution < -0.4 is 4.74 Å². The Bertz CT molecular complexity index is 489. The van der Waals surface area contributed by atoms with Crippen LogP contribution in [-0.4, -0.2) is 20.8 Å². The van der Waals surface area contributed by atoms with Crippen LogP contribution in [0.4, 0.5) is 0 Å². The molecule has 1 aromatic carbocycles. The number of halogens is 1. The van der Waals surface area contributed by atoms with Gasteiger partial charge in [0, 0.05) is 10.7 Å². The zero-order chi connectivity index (χ0) is 13.8. The van der Waals surface area contributed by atoms with Crippen LogP contribution in [0.1, 0.15) is 32.8 Å². The Balaban J connectivity index is 2.63. The summed E-state index contributed by atoms with van der Waals surface area (Å²) in [6.07, 6.45) is 0.393. The minimum Gasteiger partial charge on any atom is -0.493 e. The van der Waals surface area contributed by atoms with Crippen LogP contribution in [0.15, 0.2) is 24.3 Å². The van der Waals surface area contributed by atoms with E-state index in [2.05, 4.69) is 20.8 Å². The van der Waals surface area contributed by atoms with Crippen LogP contribution in [0, 0.1) is 0 Å². The number of ether oxygens (including phenoxy) is 1. The van der Waals surface area contributed by atoms with E-state index in [1.807, 2.05) is 24.3 Å². The van der Waals surface area contributed by atoms with E-state index < -0.39 is 9.05 Å². The minimum absolute atomic E-state index is 0.00481. The van der Waals surface area contributed by atoms with E-state index in [9.17, 15) is 8.42 Å². The molecular formula is C13H19ClO3S. The second-order valence-corrected chi connectivity index (χ2v) is 8.09. The summed E-state index contributed by atoms with van der Waals surface area (Å²) in [6, 6.07) is 7.79. The molecule has 18 heavy (non-hydrogen) atoms. The molecule has 0 bridgehead atoms. The summed E-state index contributed by atoms with van der Waals surface area (Å²) < 4.78 is 27.2. The summed E-state index contributed by atoms with van der Waals surface area (Å²) in [5.74, 6) is 0.739. The average molecular weight is 291 g/mol. The van der Waals surface area contributed by atoms with Gasteiger partial charge < -0.3 is 4.74 Å². The number of hydrogen-bond acceptors (Lipinski definition) is 3. The first-order valence-corrected chi connectivity index (χ1v) is 8.32. The maximum absolute atomic E-state index is 10.8. The van der Waals surface area contributed by atoms with Gasteiger partial charge in [0.15, 0.2) is 0 Å². The van der Waals surface area contributed by atoms with E-state index in [1.165, 1.54) is 0 Å². The van der Waals surface area contributed by atoms with Crippen molar-refractivity contribution in [1.82, 2.24) is 0 Å². The van der Waals surface area contributed by atoms with Crippen molar-refractivity contribution in [2.45, 2.75) is 32.6 Å². The van der Waals surface area contributed by atoms with E-state index in [4.69, 9.17) is 15.4 Å². The van der Waals surface area contributed by atoms with Crippen LogP contribution in [-0.2, 0) is 14.5 Å². The summed E-state index contributed by atoms with van der Waals surface area (Å²) in [5.41, 5.74) is 1.11. The molecule has 3 nitrogen and oxygen atoms in total. The number of benzene rings is 1. The minimum atomic E-state index is -3.42. The molecule has 0 aliphatic rings. The Morgan fingerprint density at radius 2 is 1.83 bits per heavy atom. The molecule has 102 valence electrons. The van der Waals surface area contributed by atoms with Gasteiger partial charge in [0.25, 0.3) is 0 Å². The van der Waals surface area contributed by atoms with Crippen LogP contribution in [0.3, 0.4) is 0 Å². The lowest BCUT2D eigenvalue weighted by molar-refractivity contribution is 0.309. The Kier molecular flexibility index (Phi) is 5.05. The van der Waals surface area contributed by atoms with Gasteiger partial charge in [-0.1, -0.05) is 39.0 Å². The fourth-order valence-corrected chi connectivity index (χ4v) is 2.42. The molecule has 0 radical (unpaired) electrons. The second kappa shape index (κ2) is 5.93. The van der Waals surface area contributed by atoms with Crippen molar-refractivity contribution in [2.75, 3.05) is 12.4 Å². The Morgan fingerprint density at radius 3 is 2.39 bits per heavy atom. The van der Waals surface area contributed by atoms with Gasteiger partial charge in [-0.2, -0.15) is 0 Å². The van der Waals surface area contributed by atoms with Crippen molar-refractivity contribution < 1.29 is 13.2 Å². The highest BCUT2D eigenvalue weighted by atomic mass is 35.7. The number of para-hydroxylation sites is 1. The van der Waals surface area contributed by atoms with Gasteiger partial charge in [-0.15, -0.1) is 0 Å².